The quantitative estimate of drug-likeness (QED) is 0.320. The fraction of sp³-hybridized carbons (Fsp3) is 0.154. The maximum Gasteiger partial charge on any atom is 0.244 e. The van der Waals surface area contributed by atoms with Gasteiger partial charge in [0.1, 0.15) is 5.82 Å². The van der Waals surface area contributed by atoms with E-state index in [1.807, 2.05) is 36.5 Å². The number of carbonyl (C=O) groups is 1. The summed E-state index contributed by atoms with van der Waals surface area (Å²) in [6.07, 6.45) is 3.76. The maximum absolute atomic E-state index is 13.2. The van der Waals surface area contributed by atoms with Gasteiger partial charge in [-0.3, -0.25) is 4.79 Å². The van der Waals surface area contributed by atoms with Crippen molar-refractivity contribution >= 4 is 23.0 Å². The first-order chi connectivity index (χ1) is 16.1. The van der Waals surface area contributed by atoms with E-state index in [0.29, 0.717) is 18.0 Å². The zero-order valence-corrected chi connectivity index (χ0v) is 18.4. The zero-order valence-electron chi connectivity index (χ0n) is 18.4. The molecule has 0 bridgehead atoms. The molecule has 1 heterocycles. The van der Waals surface area contributed by atoms with E-state index < -0.39 is 0 Å². The Kier molecular flexibility index (Phi) is 6.69. The Hall–Kier alpha value is -4.13. The van der Waals surface area contributed by atoms with Crippen molar-refractivity contribution in [3.05, 3.63) is 95.4 Å². The highest BCUT2D eigenvalue weighted by Gasteiger charge is 2.09. The minimum atomic E-state index is -0.257. The van der Waals surface area contributed by atoms with E-state index in [0.717, 1.165) is 27.6 Å². The number of carbonyl (C=O) groups excluding carboxylic acids is 1. The van der Waals surface area contributed by atoms with Gasteiger partial charge in [-0.2, -0.15) is 5.10 Å². The Morgan fingerprint density at radius 1 is 1.00 bits per heavy atom. The number of para-hydroxylation sites is 1. The predicted octanol–water partition coefficient (Wildman–Crippen LogP) is 4.54. The number of hydrogen-bond donors (Lipinski definition) is 1. The summed E-state index contributed by atoms with van der Waals surface area (Å²) < 4.78 is 25.8. The summed E-state index contributed by atoms with van der Waals surface area (Å²) >= 11 is 0. The van der Waals surface area contributed by atoms with Crippen LogP contribution in [0.15, 0.2) is 78.0 Å². The number of benzene rings is 3. The van der Waals surface area contributed by atoms with Crippen molar-refractivity contribution in [1.29, 1.82) is 0 Å². The Labute approximate surface area is 191 Å². The molecule has 0 fully saturated rings. The first-order valence-corrected chi connectivity index (χ1v) is 10.4. The van der Waals surface area contributed by atoms with E-state index in [1.54, 1.807) is 44.7 Å². The number of nitrogens with zero attached hydrogens (tertiary/aromatic N) is 2. The number of halogens is 1. The van der Waals surface area contributed by atoms with E-state index in [-0.39, 0.29) is 18.1 Å². The number of hydrazone groups is 1. The van der Waals surface area contributed by atoms with Crippen molar-refractivity contribution in [3.8, 4) is 11.5 Å². The lowest BCUT2D eigenvalue weighted by atomic mass is 10.1. The summed E-state index contributed by atoms with van der Waals surface area (Å²) in [7, 11) is 3.12. The van der Waals surface area contributed by atoms with Crippen LogP contribution in [0, 0.1) is 5.82 Å². The molecule has 0 aliphatic rings. The number of nitrogens with one attached hydrogen (secondary N) is 1. The van der Waals surface area contributed by atoms with Crippen molar-refractivity contribution in [2.45, 2.75) is 13.0 Å². The predicted molar refractivity (Wildman–Crippen MR) is 126 cm³/mol. The zero-order chi connectivity index (χ0) is 23.2. The average Bonchev–Trinajstić information content (AvgIpc) is 3.18. The summed E-state index contributed by atoms with van der Waals surface area (Å²) in [6.45, 7) is 0.598. The maximum atomic E-state index is 13.2. The molecule has 1 N–H and O–H groups in total. The molecule has 0 spiro atoms. The fourth-order valence-corrected chi connectivity index (χ4v) is 3.68. The van der Waals surface area contributed by atoms with Crippen molar-refractivity contribution in [1.82, 2.24) is 9.99 Å². The highest BCUT2D eigenvalue weighted by Crippen LogP contribution is 2.27. The lowest BCUT2D eigenvalue weighted by Crippen LogP contribution is -2.19. The van der Waals surface area contributed by atoms with Crippen LogP contribution >= 0.6 is 0 Å². The molecular formula is C26H24FN3O3. The third-order valence-electron chi connectivity index (χ3n) is 5.29. The van der Waals surface area contributed by atoms with Crippen LogP contribution in [-0.2, 0) is 17.8 Å². The van der Waals surface area contributed by atoms with E-state index in [2.05, 4.69) is 15.1 Å². The molecule has 0 aliphatic heterocycles. The van der Waals surface area contributed by atoms with Gasteiger partial charge in [0, 0.05) is 29.2 Å². The lowest BCUT2D eigenvalue weighted by molar-refractivity contribution is -0.120. The molecule has 0 atom stereocenters. The van der Waals surface area contributed by atoms with E-state index in [4.69, 9.17) is 9.47 Å². The van der Waals surface area contributed by atoms with Crippen molar-refractivity contribution in [3.63, 3.8) is 0 Å². The molecule has 0 radical (unpaired) electrons. The number of methoxy groups -OCH3 is 2. The van der Waals surface area contributed by atoms with Gasteiger partial charge in [-0.05, 0) is 41.5 Å². The number of hydrogen-bond acceptors (Lipinski definition) is 4. The molecule has 6 nitrogen and oxygen atoms in total. The molecule has 3 aromatic carbocycles. The molecule has 33 heavy (non-hydrogen) atoms. The summed E-state index contributed by atoms with van der Waals surface area (Å²) in [5.74, 6) is 0.679. The number of aromatic nitrogens is 1. The van der Waals surface area contributed by atoms with Crippen LogP contribution in [0.5, 0.6) is 11.5 Å². The van der Waals surface area contributed by atoms with Crippen LogP contribution < -0.4 is 14.9 Å². The minimum Gasteiger partial charge on any atom is -0.493 e. The largest absolute Gasteiger partial charge is 0.493 e. The standard InChI is InChI=1S/C26H24FN3O3/c1-32-24-12-9-19(13-25(24)33-2)14-26(31)29-28-15-20-17-30(23-6-4-3-5-22(20)23)16-18-7-10-21(27)11-8-18/h3-13,15,17H,14,16H2,1-2H3,(H,29,31)/b28-15+. The van der Waals surface area contributed by atoms with Crippen LogP contribution in [0.3, 0.4) is 0 Å². The average molecular weight is 445 g/mol. The first kappa shape index (κ1) is 22.1. The van der Waals surface area contributed by atoms with Gasteiger partial charge in [-0.15, -0.1) is 0 Å². The van der Waals surface area contributed by atoms with Gasteiger partial charge in [-0.1, -0.05) is 36.4 Å². The molecule has 7 heteroatoms. The molecular weight excluding hydrogens is 421 g/mol. The van der Waals surface area contributed by atoms with Gasteiger partial charge >= 0.3 is 0 Å². The van der Waals surface area contributed by atoms with Gasteiger partial charge < -0.3 is 14.0 Å². The lowest BCUT2D eigenvalue weighted by Gasteiger charge is -2.09. The summed E-state index contributed by atoms with van der Waals surface area (Å²) in [6, 6.07) is 19.7. The summed E-state index contributed by atoms with van der Waals surface area (Å²) in [5, 5.41) is 5.16. The normalized spacial score (nSPS) is 11.1. The Morgan fingerprint density at radius 2 is 1.73 bits per heavy atom. The molecule has 4 aromatic rings. The number of fused-ring (bicyclic) bond motifs is 1. The van der Waals surface area contributed by atoms with Gasteiger partial charge in [0.2, 0.25) is 5.91 Å². The molecule has 0 saturated heterocycles. The van der Waals surface area contributed by atoms with Crippen LogP contribution in [0.1, 0.15) is 16.7 Å². The second kappa shape index (κ2) is 9.99. The Morgan fingerprint density at radius 3 is 2.48 bits per heavy atom. The Bertz CT molecular complexity index is 1300. The van der Waals surface area contributed by atoms with Crippen LogP contribution in [0.25, 0.3) is 10.9 Å². The van der Waals surface area contributed by atoms with Crippen LogP contribution in [-0.4, -0.2) is 30.9 Å². The highest BCUT2D eigenvalue weighted by atomic mass is 19.1. The van der Waals surface area contributed by atoms with Gasteiger partial charge in [0.05, 0.1) is 26.9 Å². The summed E-state index contributed by atoms with van der Waals surface area (Å²) in [5.41, 5.74) is 6.26. The monoisotopic (exact) mass is 445 g/mol. The van der Waals surface area contributed by atoms with Gasteiger partial charge in [-0.25, -0.2) is 9.82 Å². The van der Waals surface area contributed by atoms with E-state index in [1.165, 1.54) is 12.1 Å². The topological polar surface area (TPSA) is 64.8 Å². The second-order valence-electron chi connectivity index (χ2n) is 7.52. The number of ether oxygens (including phenoxy) is 2. The fourth-order valence-electron chi connectivity index (χ4n) is 3.68. The third-order valence-corrected chi connectivity index (χ3v) is 5.29. The highest BCUT2D eigenvalue weighted by molar-refractivity contribution is 5.99. The number of amides is 1. The van der Waals surface area contributed by atoms with Crippen LogP contribution in [0.2, 0.25) is 0 Å². The van der Waals surface area contributed by atoms with Crippen molar-refractivity contribution in [2.75, 3.05) is 14.2 Å². The molecule has 4 rings (SSSR count). The number of rotatable bonds is 8. The van der Waals surface area contributed by atoms with Crippen LogP contribution in [0.4, 0.5) is 4.39 Å². The van der Waals surface area contributed by atoms with Crippen molar-refractivity contribution < 1.29 is 18.7 Å². The summed E-state index contributed by atoms with van der Waals surface area (Å²) in [4.78, 5) is 12.4. The minimum absolute atomic E-state index is 0.157. The molecule has 1 amide bonds. The van der Waals surface area contributed by atoms with Gasteiger partial charge in [0.15, 0.2) is 11.5 Å². The molecule has 1 aromatic heterocycles. The second-order valence-corrected chi connectivity index (χ2v) is 7.52. The van der Waals surface area contributed by atoms with Crippen molar-refractivity contribution in [2.24, 2.45) is 5.10 Å². The molecule has 0 unspecified atom stereocenters. The molecule has 168 valence electrons. The van der Waals surface area contributed by atoms with E-state index in [9.17, 15) is 9.18 Å². The smallest absolute Gasteiger partial charge is 0.244 e. The first-order valence-electron chi connectivity index (χ1n) is 10.4. The third kappa shape index (κ3) is 5.20. The molecule has 0 saturated carbocycles. The van der Waals surface area contributed by atoms with Gasteiger partial charge in [0.25, 0.3) is 0 Å². The van der Waals surface area contributed by atoms with E-state index >= 15 is 0 Å². The molecule has 0 aliphatic carbocycles. The SMILES string of the molecule is COc1ccc(CC(=O)N/N=C/c2cn(Cc3ccc(F)cc3)c3ccccc23)cc1OC. The Balaban J connectivity index is 1.47.